The maximum atomic E-state index is 5.13. The highest BCUT2D eigenvalue weighted by atomic mass is 14.8. The van der Waals surface area contributed by atoms with E-state index in [4.69, 9.17) is 13.2 Å². The summed E-state index contributed by atoms with van der Waals surface area (Å²) in [6.45, 7) is 55.2. The van der Waals surface area contributed by atoms with Crippen LogP contribution in [-0.4, -0.2) is 0 Å². The summed E-state index contributed by atoms with van der Waals surface area (Å²) in [5.74, 6) is 9.84. The molecule has 0 radical (unpaired) electrons. The second-order valence-electron chi connectivity index (χ2n) is 26.4. The molecular weight excluding hydrogens is 697 g/mol. The first-order valence-corrected chi connectivity index (χ1v) is 25.2. The molecule has 7 fully saturated rings. The fourth-order valence-electron chi connectivity index (χ4n) is 19.2. The third-order valence-corrected chi connectivity index (χ3v) is 23.9. The monoisotopic (exact) mass is 789 g/mol. The second-order valence-corrected chi connectivity index (χ2v) is 26.4. The van der Waals surface area contributed by atoms with Crippen molar-refractivity contribution in [3.63, 3.8) is 0 Å². The summed E-state index contributed by atoms with van der Waals surface area (Å²) < 4.78 is 0. The number of fused-ring (bicyclic) bond motifs is 4. The largest absolute Gasteiger partial charge is 0.0999 e. The molecule has 8 aliphatic carbocycles. The maximum absolute atomic E-state index is 5.13. The number of hydrogen-bond acceptors (Lipinski definition) is 0. The quantitative estimate of drug-likeness (QED) is 0.225. The van der Waals surface area contributed by atoms with Crippen LogP contribution in [0.2, 0.25) is 0 Å². The van der Waals surface area contributed by atoms with E-state index in [0.29, 0.717) is 44.8 Å². The lowest BCUT2D eigenvalue weighted by atomic mass is 9.37. The van der Waals surface area contributed by atoms with Gasteiger partial charge < -0.3 is 0 Å². The van der Waals surface area contributed by atoms with Crippen LogP contribution in [0.4, 0.5) is 0 Å². The summed E-state index contributed by atoms with van der Waals surface area (Å²) in [5.41, 5.74) is 10.2. The van der Waals surface area contributed by atoms with Crippen LogP contribution in [0.3, 0.4) is 0 Å². The highest BCUT2D eigenvalue weighted by molar-refractivity contribution is 5.52. The van der Waals surface area contributed by atoms with Crippen LogP contribution in [-0.2, 0) is 0 Å². The highest BCUT2D eigenvalue weighted by Crippen LogP contribution is 2.89. The van der Waals surface area contributed by atoms with Gasteiger partial charge in [-0.1, -0.05) is 136 Å². The highest BCUT2D eigenvalue weighted by Gasteiger charge is 2.81. The summed E-state index contributed by atoms with van der Waals surface area (Å²) in [7, 11) is 0. The van der Waals surface area contributed by atoms with Gasteiger partial charge in [-0.15, -0.1) is 0 Å². The van der Waals surface area contributed by atoms with Crippen molar-refractivity contribution in [1.29, 1.82) is 0 Å². The van der Waals surface area contributed by atoms with Gasteiger partial charge in [-0.05, 0) is 226 Å². The Morgan fingerprint density at radius 3 is 1.90 bits per heavy atom. The van der Waals surface area contributed by atoms with Crippen LogP contribution in [0, 0.1) is 115 Å². The molecule has 0 aromatic heterocycles. The van der Waals surface area contributed by atoms with Crippen molar-refractivity contribution in [3.05, 3.63) is 60.3 Å². The van der Waals surface area contributed by atoms with Gasteiger partial charge >= 0.3 is 0 Å². The number of hydrogen-bond donors (Lipinski definition) is 0. The molecule has 0 N–H and O–H groups in total. The zero-order valence-electron chi connectivity index (χ0n) is 40.8. The van der Waals surface area contributed by atoms with Crippen LogP contribution < -0.4 is 0 Å². The van der Waals surface area contributed by atoms with E-state index < -0.39 is 0 Å². The Labute approximate surface area is 360 Å². The van der Waals surface area contributed by atoms with Gasteiger partial charge in [0.1, 0.15) is 0 Å². The average molecular weight is 789 g/mol. The number of rotatable bonds is 7. The van der Waals surface area contributed by atoms with E-state index in [0.717, 1.165) is 59.2 Å². The van der Waals surface area contributed by atoms with Crippen molar-refractivity contribution < 1.29 is 0 Å². The van der Waals surface area contributed by atoms with Crippen molar-refractivity contribution >= 4 is 0 Å². The summed E-state index contributed by atoms with van der Waals surface area (Å²) in [6.07, 6.45) is 22.2. The van der Waals surface area contributed by atoms with Crippen molar-refractivity contribution in [2.45, 2.75) is 187 Å². The average Bonchev–Trinajstić information content (AvgIpc) is 3.79. The van der Waals surface area contributed by atoms with Gasteiger partial charge in [0.25, 0.3) is 0 Å². The van der Waals surface area contributed by atoms with E-state index >= 15 is 0 Å². The van der Waals surface area contributed by atoms with Crippen molar-refractivity contribution in [2.24, 2.45) is 115 Å². The Balaban J connectivity index is 1.02. The van der Waals surface area contributed by atoms with Crippen LogP contribution in [0.1, 0.15) is 187 Å². The zero-order valence-corrected chi connectivity index (χ0v) is 40.8. The molecule has 19 atom stereocenters. The normalized spacial score (nSPS) is 54.4. The topological polar surface area (TPSA) is 0 Å². The first-order chi connectivity index (χ1) is 26.8. The maximum Gasteiger partial charge on any atom is -0.00104 e. The Kier molecular flexibility index (Phi) is 10.4. The van der Waals surface area contributed by atoms with Crippen LogP contribution >= 0.6 is 0 Å². The van der Waals surface area contributed by atoms with Crippen molar-refractivity contribution in [2.75, 3.05) is 0 Å². The summed E-state index contributed by atoms with van der Waals surface area (Å²) in [4.78, 5) is 0. The molecule has 0 aliphatic heterocycles. The number of allylic oxidation sites excluding steroid dienone is 6. The molecule has 8 aliphatic rings. The Hall–Kier alpha value is -1.30. The Bertz CT molecular complexity index is 1750. The van der Waals surface area contributed by atoms with Gasteiger partial charge in [0, 0.05) is 0 Å². The molecule has 0 bridgehead atoms. The van der Waals surface area contributed by atoms with E-state index in [9.17, 15) is 0 Å². The lowest BCUT2D eigenvalue weighted by molar-refractivity contribution is -0.140. The fraction of sp³-hybridized carbons (Fsp3) is 0.828. The predicted molar refractivity (Wildman–Crippen MR) is 251 cm³/mol. The predicted octanol–water partition coefficient (Wildman–Crippen LogP) is 16.9. The molecular formula is C58H92. The molecule has 0 nitrogen and oxygen atoms in total. The molecule has 7 saturated carbocycles. The Morgan fingerprint density at radius 1 is 0.655 bits per heavy atom. The third kappa shape index (κ3) is 5.81. The molecule has 8 rings (SSSR count). The van der Waals surface area contributed by atoms with Crippen molar-refractivity contribution in [3.8, 4) is 0 Å². The summed E-state index contributed by atoms with van der Waals surface area (Å²) in [5, 5.41) is 0. The molecule has 0 saturated heterocycles. The van der Waals surface area contributed by atoms with Gasteiger partial charge in [0.15, 0.2) is 0 Å². The molecule has 0 heterocycles. The van der Waals surface area contributed by atoms with E-state index in [1.165, 1.54) is 112 Å². The van der Waals surface area contributed by atoms with E-state index in [1.807, 2.05) is 5.57 Å². The molecule has 0 heteroatoms. The molecule has 324 valence electrons. The van der Waals surface area contributed by atoms with E-state index in [-0.39, 0.29) is 10.8 Å². The minimum atomic E-state index is 0.247. The zero-order chi connectivity index (χ0) is 42.5. The molecule has 4 unspecified atom stereocenters. The minimum Gasteiger partial charge on any atom is -0.0999 e. The SMILES string of the molecule is C=C(C)C1C[C@@H](C[C@H]2[C@H](C)[C@@H](C)[C@H](C[C@@H]3CC[C@@]4(C)C(CC[C@@]56C[C@@]57CC[C@@]5(C)CC[C@](C)(C(=C)C)C[C@]5(C)C7=CC(=C)C46)C3(C)C)C[C@@H]2C(=C)C)[C@H](C)C(C)[C@@H]1C. The molecule has 0 amide bonds. The third-order valence-electron chi connectivity index (χ3n) is 23.9. The summed E-state index contributed by atoms with van der Waals surface area (Å²) >= 11 is 0. The minimum absolute atomic E-state index is 0.247. The van der Waals surface area contributed by atoms with Gasteiger partial charge in [-0.2, -0.15) is 0 Å². The van der Waals surface area contributed by atoms with Crippen molar-refractivity contribution in [1.82, 2.24) is 0 Å². The van der Waals surface area contributed by atoms with E-state index in [2.05, 4.69) is 116 Å². The lowest BCUT2D eigenvalue weighted by Crippen LogP contribution is -2.59. The van der Waals surface area contributed by atoms with Gasteiger partial charge in [-0.3, -0.25) is 0 Å². The first kappa shape index (κ1) is 43.4. The van der Waals surface area contributed by atoms with E-state index in [1.54, 1.807) is 0 Å². The first-order valence-electron chi connectivity index (χ1n) is 25.2. The van der Waals surface area contributed by atoms with Gasteiger partial charge in [0.05, 0.1) is 0 Å². The van der Waals surface area contributed by atoms with Gasteiger partial charge in [0.2, 0.25) is 0 Å². The summed E-state index contributed by atoms with van der Waals surface area (Å²) in [6, 6.07) is 0. The smallest absolute Gasteiger partial charge is 0.00104 e. The second kappa shape index (κ2) is 13.8. The van der Waals surface area contributed by atoms with Crippen LogP contribution in [0.15, 0.2) is 60.3 Å². The Morgan fingerprint density at radius 2 is 1.26 bits per heavy atom. The molecule has 0 aromatic rings. The van der Waals surface area contributed by atoms with Crippen LogP contribution in [0.5, 0.6) is 0 Å². The molecule has 2 spiro atoms. The lowest BCUT2D eigenvalue weighted by Gasteiger charge is -2.67. The fourth-order valence-corrected chi connectivity index (χ4v) is 19.2. The molecule has 58 heavy (non-hydrogen) atoms. The standard InChI is InChI=1S/C58H92/c1-34(2)46-29-44(39(9)38(8)41(46)11)31-48-42(12)40(10)43(30-47(48)35(3)4)28-45-19-21-55(17)49(52(45,13)14)20-22-58-33-57(58)26-25-54(16)24-23-53(15,36(5)6)32-56(54,18)50(57)27-37(7)51(55)58/h27,38-49,51H,1,3,5,7,19-26,28-33H2,2,4,6,8-18H3/t38?,39-,40-,41+,42-,43-,44+,45+,46?,47-,48+,49?,51?,53+,54-,55+,56-,57-,58+/m1/s1. The van der Waals surface area contributed by atoms with Crippen LogP contribution in [0.25, 0.3) is 0 Å². The van der Waals surface area contributed by atoms with Gasteiger partial charge in [-0.25, -0.2) is 0 Å². The molecule has 0 aromatic carbocycles.